The van der Waals surface area contributed by atoms with Crippen molar-refractivity contribution in [2.24, 2.45) is 23.2 Å². The third kappa shape index (κ3) is 8.71. The molecule has 1 saturated heterocycles. The Labute approximate surface area is 342 Å². The van der Waals surface area contributed by atoms with Crippen molar-refractivity contribution in [2.45, 2.75) is 116 Å². The van der Waals surface area contributed by atoms with Crippen molar-refractivity contribution in [1.29, 1.82) is 0 Å². The lowest BCUT2D eigenvalue weighted by Gasteiger charge is -2.35. The lowest BCUT2D eigenvalue weighted by atomic mass is 9.85. The second kappa shape index (κ2) is 16.3. The van der Waals surface area contributed by atoms with E-state index in [1.165, 1.54) is 29.8 Å². The van der Waals surface area contributed by atoms with E-state index in [-0.39, 0.29) is 37.6 Å². The van der Waals surface area contributed by atoms with Gasteiger partial charge in [0, 0.05) is 35.4 Å². The molecule has 7 rings (SSSR count). The summed E-state index contributed by atoms with van der Waals surface area (Å²) < 4.78 is 23.2. The summed E-state index contributed by atoms with van der Waals surface area (Å²) in [5.74, 6) is 0.491. The number of ether oxygens (including phenoxy) is 4. The van der Waals surface area contributed by atoms with Crippen LogP contribution in [-0.2, 0) is 28.7 Å². The molecule has 58 heavy (non-hydrogen) atoms. The Morgan fingerprint density at radius 3 is 2.45 bits per heavy atom. The zero-order valence-corrected chi connectivity index (χ0v) is 35.0. The normalized spacial score (nSPS) is 26.4. The molecule has 1 aromatic carbocycles. The molecule has 0 bridgehead atoms. The third-order valence-electron chi connectivity index (χ3n) is 11.7. The summed E-state index contributed by atoms with van der Waals surface area (Å²) in [5, 5.41) is 12.4. The van der Waals surface area contributed by atoms with E-state index in [0.717, 1.165) is 18.0 Å². The summed E-state index contributed by atoms with van der Waals surface area (Å²) in [5.41, 5.74) is -0.280. The van der Waals surface area contributed by atoms with Gasteiger partial charge in [-0.3, -0.25) is 14.4 Å². The minimum absolute atomic E-state index is 0.00742. The highest BCUT2D eigenvalue weighted by Gasteiger charge is 2.62. The number of fused-ring (bicyclic) bond motifs is 2. The van der Waals surface area contributed by atoms with Crippen molar-refractivity contribution >= 4 is 57.5 Å². The van der Waals surface area contributed by atoms with Gasteiger partial charge < -0.3 is 39.8 Å². The SMILES string of the molecule is CC[C@@H]1C[C@]1(NC(=O)[C@@H]1C[C@H](Oc2cc(-c3csc(NC(C)C)n3)nc3cc(OCC=O)ccc23)CN1C(=O)[C@@H](NC(=O)O[C@@H]1C[C@@H]2C[C@@H]2C1)C(C)(C)C)C(=O)OC. The maximum Gasteiger partial charge on any atom is 0.408 e. The molecular formula is C42H54N6O9S. The Hall–Kier alpha value is -4.99. The van der Waals surface area contributed by atoms with E-state index in [1.54, 1.807) is 24.3 Å². The van der Waals surface area contributed by atoms with E-state index < -0.39 is 53.0 Å². The molecule has 3 amide bonds. The number of anilines is 1. The van der Waals surface area contributed by atoms with E-state index in [1.807, 2.05) is 46.9 Å². The summed E-state index contributed by atoms with van der Waals surface area (Å²) in [6, 6.07) is 5.09. The minimum Gasteiger partial charge on any atom is -0.488 e. The molecule has 3 heterocycles. The number of esters is 1. The first-order valence-corrected chi connectivity index (χ1v) is 21.1. The third-order valence-corrected chi connectivity index (χ3v) is 12.5. The number of likely N-dealkylation sites (tertiary alicyclic amines) is 1. The fourth-order valence-corrected chi connectivity index (χ4v) is 9.37. The van der Waals surface area contributed by atoms with Crippen LogP contribution < -0.4 is 25.4 Å². The number of rotatable bonds is 15. The molecule has 0 spiro atoms. The molecule has 4 aliphatic rings. The van der Waals surface area contributed by atoms with Gasteiger partial charge in [-0.05, 0) is 74.8 Å². The van der Waals surface area contributed by atoms with Gasteiger partial charge >= 0.3 is 12.1 Å². The Morgan fingerprint density at radius 1 is 1.03 bits per heavy atom. The minimum atomic E-state index is -1.18. The average molecular weight is 819 g/mol. The van der Waals surface area contributed by atoms with Gasteiger partial charge in [0.1, 0.15) is 53.6 Å². The maximum absolute atomic E-state index is 14.7. The first-order chi connectivity index (χ1) is 27.6. The van der Waals surface area contributed by atoms with Gasteiger partial charge in [0.2, 0.25) is 11.8 Å². The van der Waals surface area contributed by atoms with Crippen LogP contribution in [0.2, 0.25) is 0 Å². The summed E-state index contributed by atoms with van der Waals surface area (Å²) in [4.78, 5) is 77.6. The molecule has 0 radical (unpaired) electrons. The van der Waals surface area contributed by atoms with Gasteiger partial charge in [0.05, 0.1) is 24.9 Å². The number of nitrogens with zero attached hydrogens (tertiary/aromatic N) is 3. The smallest absolute Gasteiger partial charge is 0.408 e. The van der Waals surface area contributed by atoms with E-state index in [4.69, 9.17) is 28.9 Å². The fraction of sp³-hybridized carbons (Fsp3) is 0.595. The number of benzene rings is 1. The highest BCUT2D eigenvalue weighted by atomic mass is 32.1. The number of hydrogen-bond donors (Lipinski definition) is 3. The summed E-state index contributed by atoms with van der Waals surface area (Å²) in [7, 11) is 1.29. The molecule has 1 aliphatic heterocycles. The Balaban J connectivity index is 1.20. The number of methoxy groups -OCH3 is 1. The lowest BCUT2D eigenvalue weighted by Crippen LogP contribution is -2.59. The molecule has 2 aromatic heterocycles. The predicted octanol–water partition coefficient (Wildman–Crippen LogP) is 5.50. The van der Waals surface area contributed by atoms with Gasteiger partial charge in [-0.15, -0.1) is 11.3 Å². The molecule has 3 saturated carbocycles. The van der Waals surface area contributed by atoms with Gasteiger partial charge in [0.25, 0.3) is 0 Å². The molecule has 0 unspecified atom stereocenters. The molecule has 16 heteroatoms. The molecule has 8 atom stereocenters. The molecule has 4 fully saturated rings. The fourth-order valence-electron chi connectivity index (χ4n) is 8.52. The predicted molar refractivity (Wildman–Crippen MR) is 216 cm³/mol. The number of aromatic nitrogens is 2. The first-order valence-electron chi connectivity index (χ1n) is 20.2. The number of thiazole rings is 1. The Bertz CT molecular complexity index is 2060. The van der Waals surface area contributed by atoms with Crippen molar-refractivity contribution < 1.29 is 42.9 Å². The monoisotopic (exact) mass is 818 g/mol. The van der Waals surface area contributed by atoms with Crippen LogP contribution in [0.15, 0.2) is 29.6 Å². The summed E-state index contributed by atoms with van der Waals surface area (Å²) in [6.07, 6.45) is 3.15. The van der Waals surface area contributed by atoms with Crippen molar-refractivity contribution in [3.05, 3.63) is 29.6 Å². The molecule has 3 aliphatic carbocycles. The first kappa shape index (κ1) is 41.2. The zero-order chi connectivity index (χ0) is 41.5. The highest BCUT2D eigenvalue weighted by molar-refractivity contribution is 7.14. The number of carbonyl (C=O) groups excluding carboxylic acids is 5. The number of nitrogens with one attached hydrogen (secondary N) is 3. The topological polar surface area (TPSA) is 187 Å². The van der Waals surface area contributed by atoms with Crippen molar-refractivity contribution in [1.82, 2.24) is 25.5 Å². The van der Waals surface area contributed by atoms with Gasteiger partial charge in [-0.2, -0.15) is 0 Å². The number of amides is 3. The molecule has 312 valence electrons. The quantitative estimate of drug-likeness (QED) is 0.129. The van der Waals surface area contributed by atoms with Gasteiger partial charge in [0.15, 0.2) is 11.4 Å². The van der Waals surface area contributed by atoms with Crippen molar-refractivity contribution in [2.75, 3.05) is 25.6 Å². The van der Waals surface area contributed by atoms with Crippen LogP contribution in [0, 0.1) is 23.2 Å². The molecule has 3 aromatic rings. The van der Waals surface area contributed by atoms with Crippen LogP contribution in [0.25, 0.3) is 22.3 Å². The van der Waals surface area contributed by atoms with Crippen LogP contribution in [-0.4, -0.2) is 101 Å². The van der Waals surface area contributed by atoms with Crippen LogP contribution >= 0.6 is 11.3 Å². The maximum atomic E-state index is 14.7. The second-order valence-corrected chi connectivity index (χ2v) is 18.3. The standard InChI is InChI=1S/C42H54N6O9S/c1-8-25-19-42(25,38(52)54-7)47-36(50)33-17-28(20-48(33)37(51)35(41(4,5)6)46-40(53)57-27-14-23-13-24(23)15-27)56-34-18-31(32-21-58-39(45-32)43-22(2)3)44-30-16-26(55-12-11-49)9-10-29(30)34/h9-11,16,18,21-25,27-28,33,35H,8,12-15,17,19-20H2,1-7H3,(H,43,45)(H,46,53)(H,47,50)/t23-,24+,25-,27+,28+,33+,35-,42-/m1/s1. The number of pyridine rings is 1. The molecular weight excluding hydrogens is 765 g/mol. The second-order valence-electron chi connectivity index (χ2n) is 17.4. The number of aldehydes is 1. The number of carbonyl (C=O) groups is 5. The molecule has 3 N–H and O–H groups in total. The summed E-state index contributed by atoms with van der Waals surface area (Å²) in [6.45, 7) is 11.4. The van der Waals surface area contributed by atoms with Gasteiger partial charge in [-0.25, -0.2) is 19.6 Å². The van der Waals surface area contributed by atoms with E-state index >= 15 is 0 Å². The van der Waals surface area contributed by atoms with Crippen LogP contribution in [0.5, 0.6) is 11.5 Å². The van der Waals surface area contributed by atoms with Gasteiger partial charge in [-0.1, -0.05) is 34.1 Å². The summed E-state index contributed by atoms with van der Waals surface area (Å²) >= 11 is 1.45. The van der Waals surface area contributed by atoms with Crippen molar-refractivity contribution in [3.8, 4) is 22.9 Å². The van der Waals surface area contributed by atoms with Crippen LogP contribution in [0.4, 0.5) is 9.93 Å². The highest BCUT2D eigenvalue weighted by Crippen LogP contribution is 2.52. The van der Waals surface area contributed by atoms with Crippen LogP contribution in [0.3, 0.4) is 0 Å². The van der Waals surface area contributed by atoms with E-state index in [0.29, 0.717) is 64.8 Å². The Kier molecular flexibility index (Phi) is 11.6. The average Bonchev–Trinajstić information content (AvgIpc) is 3.84. The largest absolute Gasteiger partial charge is 0.488 e. The van der Waals surface area contributed by atoms with Crippen molar-refractivity contribution in [3.63, 3.8) is 0 Å². The number of alkyl carbamates (subject to hydrolysis) is 1. The zero-order valence-electron chi connectivity index (χ0n) is 34.2. The number of hydrogen-bond acceptors (Lipinski definition) is 13. The van der Waals surface area contributed by atoms with E-state index in [2.05, 4.69) is 16.0 Å². The molecule has 15 nitrogen and oxygen atoms in total. The Morgan fingerprint density at radius 2 is 1.79 bits per heavy atom. The van der Waals surface area contributed by atoms with E-state index in [9.17, 15) is 24.0 Å². The lowest BCUT2D eigenvalue weighted by molar-refractivity contribution is -0.148. The van der Waals surface area contributed by atoms with Crippen LogP contribution in [0.1, 0.15) is 80.1 Å².